The highest BCUT2D eigenvalue weighted by molar-refractivity contribution is 5.84. The molecule has 0 unspecified atom stereocenters. The van der Waals surface area contributed by atoms with E-state index in [4.69, 9.17) is 5.11 Å². The zero-order valence-electron chi connectivity index (χ0n) is 8.82. The van der Waals surface area contributed by atoms with Gasteiger partial charge in [-0.3, -0.25) is 0 Å². The Bertz CT molecular complexity index is 497. The Hall–Kier alpha value is -2.51. The lowest BCUT2D eigenvalue weighted by atomic mass is 10.5. The molecule has 2 heterocycles. The third-order valence-corrected chi connectivity index (χ3v) is 1.95. The Balaban J connectivity index is 1.84. The Morgan fingerprint density at radius 2 is 2.18 bits per heavy atom. The molecule has 17 heavy (non-hydrogen) atoms. The van der Waals surface area contributed by atoms with Gasteiger partial charge in [-0.2, -0.15) is 0 Å². The zero-order valence-corrected chi connectivity index (χ0v) is 8.82. The average Bonchev–Trinajstić information content (AvgIpc) is 2.79. The molecule has 0 aliphatic heterocycles. The third kappa shape index (κ3) is 2.97. The summed E-state index contributed by atoms with van der Waals surface area (Å²) in [6.07, 6.45) is 4.64. The number of carboxylic acids is 1. The van der Waals surface area contributed by atoms with Crippen LogP contribution in [-0.2, 0) is 6.54 Å². The number of carbonyl (C=O) groups is 1. The average molecular weight is 234 g/mol. The summed E-state index contributed by atoms with van der Waals surface area (Å²) in [7, 11) is 0. The van der Waals surface area contributed by atoms with Crippen molar-refractivity contribution < 1.29 is 9.90 Å². The Kier molecular flexibility index (Phi) is 3.24. The Labute approximate surface area is 96.3 Å². The van der Waals surface area contributed by atoms with Crippen molar-refractivity contribution in [2.45, 2.75) is 6.54 Å². The van der Waals surface area contributed by atoms with Crippen molar-refractivity contribution in [2.24, 2.45) is 0 Å². The summed E-state index contributed by atoms with van der Waals surface area (Å²) in [6, 6.07) is 1.72. The van der Waals surface area contributed by atoms with Gasteiger partial charge in [0.2, 0.25) is 5.95 Å². The van der Waals surface area contributed by atoms with Crippen LogP contribution in [0.5, 0.6) is 0 Å². The molecule has 2 aromatic rings. The van der Waals surface area contributed by atoms with Crippen LogP contribution in [0.25, 0.3) is 0 Å². The van der Waals surface area contributed by atoms with Gasteiger partial charge in [0.05, 0.1) is 12.7 Å². The lowest BCUT2D eigenvalue weighted by Gasteiger charge is -2.02. The number of carboxylic acid groups (broad SMARTS) is 1. The highest BCUT2D eigenvalue weighted by Gasteiger charge is 2.07. The minimum atomic E-state index is -1.09. The molecule has 0 aromatic carbocycles. The summed E-state index contributed by atoms with van der Waals surface area (Å²) in [6.45, 7) is 1.02. The molecule has 0 saturated heterocycles. The van der Waals surface area contributed by atoms with Crippen LogP contribution in [0.1, 0.15) is 10.5 Å². The number of hydrogen-bond donors (Lipinski definition) is 2. The number of nitrogens with zero attached hydrogens (tertiary/aromatic N) is 5. The fourth-order valence-electron chi connectivity index (χ4n) is 1.18. The van der Waals surface area contributed by atoms with Crippen LogP contribution in [0.2, 0.25) is 0 Å². The summed E-state index contributed by atoms with van der Waals surface area (Å²) >= 11 is 0. The molecule has 2 N–H and O–H groups in total. The standard InChI is InChI=1S/C9H10N6O2/c16-8(17)7-6-15(14-13-7)5-4-12-9-10-2-1-3-11-9/h1-3,6H,4-5H2,(H,16,17)(H,10,11,12). The second-order valence-electron chi connectivity index (χ2n) is 3.17. The molecule has 0 fully saturated rings. The van der Waals surface area contributed by atoms with Crippen molar-refractivity contribution in [3.8, 4) is 0 Å². The number of aromatic nitrogens is 5. The molecule has 2 aromatic heterocycles. The first-order valence-corrected chi connectivity index (χ1v) is 4.90. The van der Waals surface area contributed by atoms with Gasteiger partial charge in [-0.1, -0.05) is 5.21 Å². The van der Waals surface area contributed by atoms with Crippen molar-refractivity contribution >= 4 is 11.9 Å². The van der Waals surface area contributed by atoms with Crippen LogP contribution in [0.3, 0.4) is 0 Å². The molecule has 8 nitrogen and oxygen atoms in total. The van der Waals surface area contributed by atoms with E-state index < -0.39 is 5.97 Å². The molecule has 0 spiro atoms. The lowest BCUT2D eigenvalue weighted by molar-refractivity contribution is 0.0690. The Morgan fingerprint density at radius 3 is 2.82 bits per heavy atom. The second kappa shape index (κ2) is 5.01. The van der Waals surface area contributed by atoms with Gasteiger partial charge in [0.25, 0.3) is 0 Å². The summed E-state index contributed by atoms with van der Waals surface area (Å²) in [5.41, 5.74) is -0.0686. The maximum absolute atomic E-state index is 10.6. The zero-order chi connectivity index (χ0) is 12.1. The van der Waals surface area contributed by atoms with Crippen LogP contribution in [0.4, 0.5) is 5.95 Å². The summed E-state index contributed by atoms with van der Waals surface area (Å²) in [5, 5.41) is 18.8. The number of nitrogens with one attached hydrogen (secondary N) is 1. The first-order valence-electron chi connectivity index (χ1n) is 4.90. The van der Waals surface area contributed by atoms with Crippen LogP contribution < -0.4 is 5.32 Å². The smallest absolute Gasteiger partial charge is 0.358 e. The first-order chi connectivity index (χ1) is 8.25. The minimum absolute atomic E-state index is 0.0686. The van der Waals surface area contributed by atoms with Gasteiger partial charge in [-0.05, 0) is 6.07 Å². The van der Waals surface area contributed by atoms with Gasteiger partial charge in [-0.25, -0.2) is 19.4 Å². The van der Waals surface area contributed by atoms with E-state index in [9.17, 15) is 4.79 Å². The molecule has 0 aliphatic rings. The SMILES string of the molecule is O=C(O)c1cn(CCNc2ncccn2)nn1. The second-order valence-corrected chi connectivity index (χ2v) is 3.17. The largest absolute Gasteiger partial charge is 0.476 e. The molecule has 0 aliphatic carbocycles. The third-order valence-electron chi connectivity index (χ3n) is 1.95. The van der Waals surface area contributed by atoms with E-state index in [0.29, 0.717) is 19.0 Å². The minimum Gasteiger partial charge on any atom is -0.476 e. The van der Waals surface area contributed by atoms with E-state index in [0.717, 1.165) is 0 Å². The maximum atomic E-state index is 10.6. The number of anilines is 1. The monoisotopic (exact) mass is 234 g/mol. The number of hydrogen-bond acceptors (Lipinski definition) is 6. The summed E-state index contributed by atoms with van der Waals surface area (Å²) in [4.78, 5) is 18.5. The summed E-state index contributed by atoms with van der Waals surface area (Å²) in [5.74, 6) is -0.568. The topological polar surface area (TPSA) is 106 Å². The van der Waals surface area contributed by atoms with E-state index in [2.05, 4.69) is 25.6 Å². The molecule has 8 heteroatoms. The van der Waals surface area contributed by atoms with Crippen molar-refractivity contribution in [2.75, 3.05) is 11.9 Å². The number of rotatable bonds is 5. The van der Waals surface area contributed by atoms with Gasteiger partial charge < -0.3 is 10.4 Å². The fraction of sp³-hybridized carbons (Fsp3) is 0.222. The van der Waals surface area contributed by atoms with Crippen molar-refractivity contribution in [1.29, 1.82) is 0 Å². The van der Waals surface area contributed by atoms with Crippen molar-refractivity contribution in [3.05, 3.63) is 30.4 Å². The van der Waals surface area contributed by atoms with E-state index in [1.54, 1.807) is 18.5 Å². The van der Waals surface area contributed by atoms with E-state index in [-0.39, 0.29) is 5.69 Å². The van der Waals surface area contributed by atoms with Crippen molar-refractivity contribution in [1.82, 2.24) is 25.0 Å². The number of aromatic carboxylic acids is 1. The van der Waals surface area contributed by atoms with E-state index in [1.807, 2.05) is 0 Å². The lowest BCUT2D eigenvalue weighted by Crippen LogP contribution is -2.12. The molecule has 0 amide bonds. The van der Waals surface area contributed by atoms with Gasteiger partial charge >= 0.3 is 5.97 Å². The van der Waals surface area contributed by atoms with Crippen LogP contribution in [0, 0.1) is 0 Å². The van der Waals surface area contributed by atoms with Crippen molar-refractivity contribution in [3.63, 3.8) is 0 Å². The van der Waals surface area contributed by atoms with Crippen LogP contribution >= 0.6 is 0 Å². The molecule has 0 bridgehead atoms. The van der Waals surface area contributed by atoms with Crippen LogP contribution in [-0.4, -0.2) is 42.6 Å². The molecule has 0 radical (unpaired) electrons. The highest BCUT2D eigenvalue weighted by atomic mass is 16.4. The van der Waals surface area contributed by atoms with E-state index in [1.165, 1.54) is 10.9 Å². The quantitative estimate of drug-likeness (QED) is 0.742. The maximum Gasteiger partial charge on any atom is 0.358 e. The van der Waals surface area contributed by atoms with Gasteiger partial charge in [-0.15, -0.1) is 5.10 Å². The van der Waals surface area contributed by atoms with E-state index >= 15 is 0 Å². The fourth-order valence-corrected chi connectivity index (χ4v) is 1.18. The normalized spacial score (nSPS) is 10.1. The predicted molar refractivity (Wildman–Crippen MR) is 57.5 cm³/mol. The Morgan fingerprint density at radius 1 is 1.41 bits per heavy atom. The highest BCUT2D eigenvalue weighted by Crippen LogP contribution is 1.95. The van der Waals surface area contributed by atoms with Gasteiger partial charge in [0.15, 0.2) is 5.69 Å². The van der Waals surface area contributed by atoms with Gasteiger partial charge in [0.1, 0.15) is 0 Å². The molecule has 0 atom stereocenters. The molecule has 88 valence electrons. The molecular formula is C9H10N6O2. The van der Waals surface area contributed by atoms with Gasteiger partial charge in [0, 0.05) is 18.9 Å². The predicted octanol–water partition coefficient (Wildman–Crippen LogP) is -0.122. The van der Waals surface area contributed by atoms with Crippen LogP contribution in [0.15, 0.2) is 24.7 Å². The first kappa shape index (κ1) is 11.0. The summed E-state index contributed by atoms with van der Waals surface area (Å²) < 4.78 is 1.44. The molecular weight excluding hydrogens is 224 g/mol. The molecule has 2 rings (SSSR count). The molecule has 0 saturated carbocycles.